The van der Waals surface area contributed by atoms with Crippen molar-refractivity contribution in [3.8, 4) is 28.5 Å². The van der Waals surface area contributed by atoms with E-state index in [-0.39, 0.29) is 5.75 Å². The highest BCUT2D eigenvalue weighted by Gasteiger charge is 2.16. The molecule has 37 heavy (non-hydrogen) atoms. The maximum Gasteiger partial charge on any atom is 0.269 e. The number of hydrogen-bond acceptors (Lipinski definition) is 1. The van der Waals surface area contributed by atoms with E-state index in [1.165, 1.54) is 0 Å². The SMILES string of the molecule is Oc1ccccc1-[n+]1[c-]n(-c2cccc(-n3[c-][n+](-c4ccccc4)c4ccccc43)c2)c2ccccc21. The van der Waals surface area contributed by atoms with Crippen molar-refractivity contribution in [2.24, 2.45) is 0 Å². The predicted molar refractivity (Wildman–Crippen MR) is 143 cm³/mol. The maximum atomic E-state index is 10.5. The van der Waals surface area contributed by atoms with Gasteiger partial charge >= 0.3 is 0 Å². The summed E-state index contributed by atoms with van der Waals surface area (Å²) in [6.07, 6.45) is 7.01. The molecule has 2 aromatic heterocycles. The van der Waals surface area contributed by atoms with Crippen molar-refractivity contribution < 1.29 is 14.2 Å². The van der Waals surface area contributed by atoms with Gasteiger partial charge in [-0.1, -0.05) is 97.1 Å². The number of aromatic nitrogens is 4. The number of rotatable bonds is 4. The minimum absolute atomic E-state index is 0.208. The number of fused-ring (bicyclic) bond motifs is 2. The van der Waals surface area contributed by atoms with E-state index in [2.05, 4.69) is 76.4 Å². The smallest absolute Gasteiger partial charge is 0.269 e. The minimum atomic E-state index is 0.208. The van der Waals surface area contributed by atoms with Gasteiger partial charge < -0.3 is 5.11 Å². The first kappa shape index (κ1) is 21.1. The number of phenols is 1. The van der Waals surface area contributed by atoms with Crippen LogP contribution in [-0.2, 0) is 0 Å². The molecule has 5 heteroatoms. The monoisotopic (exact) mass is 478 g/mol. The number of imidazole rings is 2. The Bertz CT molecular complexity index is 1900. The molecule has 0 aliphatic heterocycles. The first-order valence-corrected chi connectivity index (χ1v) is 12.1. The van der Waals surface area contributed by atoms with Crippen LogP contribution < -0.4 is 9.13 Å². The zero-order chi connectivity index (χ0) is 24.8. The van der Waals surface area contributed by atoms with Crippen molar-refractivity contribution in [1.82, 2.24) is 9.13 Å². The maximum absolute atomic E-state index is 10.5. The lowest BCUT2D eigenvalue weighted by atomic mass is 10.2. The van der Waals surface area contributed by atoms with Gasteiger partial charge in [0, 0.05) is 0 Å². The molecule has 0 unspecified atom stereocenters. The molecule has 7 aromatic rings. The Morgan fingerprint density at radius 3 is 1.73 bits per heavy atom. The van der Waals surface area contributed by atoms with Crippen molar-refractivity contribution in [1.29, 1.82) is 0 Å². The van der Waals surface area contributed by atoms with E-state index in [1.807, 2.05) is 75.9 Å². The standard InChI is InChI=1S/C32H22N4O/c37-32-20-9-8-19-31(32)36-23-35(29-17-6-7-18-30(29)36)26-14-10-13-25(21-26)34-22-33(24-11-2-1-3-12-24)27-15-4-5-16-28(27)34/h1-21,37H. The highest BCUT2D eigenvalue weighted by molar-refractivity contribution is 5.76. The lowest BCUT2D eigenvalue weighted by Gasteiger charge is -2.08. The second-order valence-electron chi connectivity index (χ2n) is 8.86. The summed E-state index contributed by atoms with van der Waals surface area (Å²) in [7, 11) is 0. The summed E-state index contributed by atoms with van der Waals surface area (Å²) in [6, 6.07) is 42.4. The van der Waals surface area contributed by atoms with Gasteiger partial charge in [0.2, 0.25) is 0 Å². The molecular weight excluding hydrogens is 456 g/mol. The molecule has 5 aromatic carbocycles. The molecule has 0 spiro atoms. The number of aromatic hydroxyl groups is 1. The minimum Gasteiger partial charge on any atom is -0.511 e. The van der Waals surface area contributed by atoms with Crippen LogP contribution in [0.15, 0.2) is 127 Å². The second kappa shape index (κ2) is 8.50. The van der Waals surface area contributed by atoms with Crippen LogP contribution in [0.3, 0.4) is 0 Å². The molecule has 0 fully saturated rings. The summed E-state index contributed by atoms with van der Waals surface area (Å²) >= 11 is 0. The van der Waals surface area contributed by atoms with Crippen molar-refractivity contribution in [3.63, 3.8) is 0 Å². The number of para-hydroxylation sites is 7. The third kappa shape index (κ3) is 3.48. The summed E-state index contributed by atoms with van der Waals surface area (Å²) in [6.45, 7) is 0. The number of nitrogens with zero attached hydrogens (tertiary/aromatic N) is 4. The molecule has 0 aliphatic rings. The van der Waals surface area contributed by atoms with Gasteiger partial charge in [0.15, 0.2) is 0 Å². The van der Waals surface area contributed by atoms with Gasteiger partial charge in [-0.2, -0.15) is 0 Å². The van der Waals surface area contributed by atoms with E-state index in [0.29, 0.717) is 5.69 Å². The van der Waals surface area contributed by atoms with Gasteiger partial charge in [0.25, 0.3) is 12.7 Å². The Hall–Kier alpha value is -5.16. The predicted octanol–water partition coefficient (Wildman–Crippen LogP) is 5.43. The fourth-order valence-electron chi connectivity index (χ4n) is 4.88. The number of phenolic OH excluding ortho intramolecular Hbond substituents is 1. The van der Waals surface area contributed by atoms with Crippen LogP contribution in [0.5, 0.6) is 5.75 Å². The molecule has 5 nitrogen and oxygen atoms in total. The molecule has 176 valence electrons. The molecule has 2 heterocycles. The van der Waals surface area contributed by atoms with Crippen LogP contribution in [0.2, 0.25) is 0 Å². The summed E-state index contributed by atoms with van der Waals surface area (Å²) in [5.74, 6) is 0.208. The van der Waals surface area contributed by atoms with Gasteiger partial charge in [-0.3, -0.25) is 18.3 Å². The third-order valence-corrected chi connectivity index (χ3v) is 6.61. The van der Waals surface area contributed by atoms with Crippen LogP contribution in [0.1, 0.15) is 0 Å². The normalized spacial score (nSPS) is 11.4. The highest BCUT2D eigenvalue weighted by Crippen LogP contribution is 2.24. The summed E-state index contributed by atoms with van der Waals surface area (Å²) in [4.78, 5) is 0. The van der Waals surface area contributed by atoms with E-state index in [9.17, 15) is 5.11 Å². The van der Waals surface area contributed by atoms with Gasteiger partial charge in [0.05, 0.1) is 39.1 Å². The Kier molecular flexibility index (Phi) is 4.86. The van der Waals surface area contributed by atoms with Crippen LogP contribution in [0.4, 0.5) is 0 Å². The Labute approximate surface area is 214 Å². The zero-order valence-electron chi connectivity index (χ0n) is 19.9. The lowest BCUT2D eigenvalue weighted by Crippen LogP contribution is -2.29. The summed E-state index contributed by atoms with van der Waals surface area (Å²) < 4.78 is 8.11. The molecule has 0 saturated heterocycles. The molecule has 0 bridgehead atoms. The van der Waals surface area contributed by atoms with Crippen LogP contribution in [-0.4, -0.2) is 14.2 Å². The van der Waals surface area contributed by atoms with Gasteiger partial charge in [0.1, 0.15) is 11.4 Å². The molecule has 1 N–H and O–H groups in total. The van der Waals surface area contributed by atoms with Gasteiger partial charge in [-0.15, -0.1) is 0 Å². The average molecular weight is 479 g/mol. The molecule has 0 radical (unpaired) electrons. The van der Waals surface area contributed by atoms with E-state index in [1.54, 1.807) is 6.07 Å². The summed E-state index contributed by atoms with van der Waals surface area (Å²) in [5, 5.41) is 10.5. The molecule has 0 amide bonds. The first-order chi connectivity index (χ1) is 18.3. The molecule has 0 aliphatic carbocycles. The van der Waals surface area contributed by atoms with Gasteiger partial charge in [-0.05, 0) is 30.3 Å². The largest absolute Gasteiger partial charge is 0.511 e. The average Bonchev–Trinajstić information content (AvgIpc) is 3.54. The van der Waals surface area contributed by atoms with E-state index >= 15 is 0 Å². The first-order valence-electron chi connectivity index (χ1n) is 12.1. The highest BCUT2D eigenvalue weighted by atomic mass is 16.3. The van der Waals surface area contributed by atoms with Crippen molar-refractivity contribution in [3.05, 3.63) is 140 Å². The topological polar surface area (TPSA) is 37.9 Å². The van der Waals surface area contributed by atoms with E-state index < -0.39 is 0 Å². The number of benzene rings is 5. The van der Waals surface area contributed by atoms with Crippen molar-refractivity contribution >= 4 is 22.1 Å². The second-order valence-corrected chi connectivity index (χ2v) is 8.86. The van der Waals surface area contributed by atoms with E-state index in [4.69, 9.17) is 0 Å². The fourth-order valence-corrected chi connectivity index (χ4v) is 4.88. The van der Waals surface area contributed by atoms with Gasteiger partial charge in [-0.25, -0.2) is 0 Å². The summed E-state index contributed by atoms with van der Waals surface area (Å²) in [5.41, 5.74) is 7.77. The molecule has 7 rings (SSSR count). The third-order valence-electron chi connectivity index (χ3n) is 6.61. The molecule has 0 saturated carbocycles. The van der Waals surface area contributed by atoms with Crippen molar-refractivity contribution in [2.45, 2.75) is 0 Å². The molecule has 0 atom stereocenters. The van der Waals surface area contributed by atoms with Crippen LogP contribution in [0.25, 0.3) is 44.8 Å². The Balaban J connectivity index is 1.41. The van der Waals surface area contributed by atoms with Crippen LogP contribution in [0, 0.1) is 12.7 Å². The van der Waals surface area contributed by atoms with Crippen LogP contribution >= 0.6 is 0 Å². The Morgan fingerprint density at radius 1 is 0.514 bits per heavy atom. The lowest BCUT2D eigenvalue weighted by molar-refractivity contribution is -0.573. The quantitative estimate of drug-likeness (QED) is 0.266. The Morgan fingerprint density at radius 2 is 1.05 bits per heavy atom. The number of hydrogen-bond donors (Lipinski definition) is 1. The fraction of sp³-hybridized carbons (Fsp3) is 0. The zero-order valence-corrected chi connectivity index (χ0v) is 19.9. The van der Waals surface area contributed by atoms with Crippen molar-refractivity contribution in [2.75, 3.05) is 0 Å². The van der Waals surface area contributed by atoms with E-state index in [0.717, 1.165) is 39.1 Å². The molecular formula is C32H22N4O.